The maximum absolute atomic E-state index is 13.1. The predicted molar refractivity (Wildman–Crippen MR) is 115 cm³/mol. The third-order valence-electron chi connectivity index (χ3n) is 4.91. The fourth-order valence-corrected chi connectivity index (χ4v) is 5.53. The van der Waals surface area contributed by atoms with E-state index in [1.54, 1.807) is 18.2 Å². The molecule has 0 aliphatic heterocycles. The number of hydrogen-bond donors (Lipinski definition) is 2. The van der Waals surface area contributed by atoms with E-state index in [2.05, 4.69) is 21.9 Å². The second kappa shape index (κ2) is 8.16. The number of anilines is 2. The van der Waals surface area contributed by atoms with Gasteiger partial charge in [-0.25, -0.2) is 17.8 Å². The van der Waals surface area contributed by atoms with Crippen LogP contribution >= 0.6 is 11.3 Å². The van der Waals surface area contributed by atoms with E-state index in [-0.39, 0.29) is 16.5 Å². The topological polar surface area (TPSA) is 88.2 Å². The third kappa shape index (κ3) is 4.52. The number of sulfonamides is 1. The molecule has 9 heteroatoms. The maximum atomic E-state index is 13.1. The van der Waals surface area contributed by atoms with E-state index < -0.39 is 15.8 Å². The van der Waals surface area contributed by atoms with Crippen LogP contribution in [-0.2, 0) is 22.9 Å². The molecule has 0 saturated heterocycles. The highest BCUT2D eigenvalue weighted by Gasteiger charge is 2.21. The van der Waals surface area contributed by atoms with Crippen LogP contribution < -0.4 is 10.0 Å². The smallest absolute Gasteiger partial charge is 0.261 e. The number of nitrogens with one attached hydrogen (secondary N) is 2. The minimum atomic E-state index is -3.90. The number of halogens is 1. The van der Waals surface area contributed by atoms with Gasteiger partial charge in [-0.1, -0.05) is 13.0 Å². The third-order valence-corrected chi connectivity index (χ3v) is 7.34. The first-order chi connectivity index (χ1) is 14.3. The van der Waals surface area contributed by atoms with E-state index in [9.17, 15) is 17.6 Å². The Balaban J connectivity index is 1.49. The summed E-state index contributed by atoms with van der Waals surface area (Å²) in [6, 6.07) is 10.7. The number of hydrogen-bond acceptors (Lipinski definition) is 5. The summed E-state index contributed by atoms with van der Waals surface area (Å²) in [5, 5.41) is 3.36. The zero-order valence-corrected chi connectivity index (χ0v) is 17.8. The fraction of sp³-hybridized carbons (Fsp3) is 0.238. The van der Waals surface area contributed by atoms with Crippen LogP contribution in [0, 0.1) is 11.7 Å². The number of amides is 1. The van der Waals surface area contributed by atoms with Gasteiger partial charge in [0.25, 0.3) is 15.9 Å². The van der Waals surface area contributed by atoms with Crippen LogP contribution in [0.3, 0.4) is 0 Å². The van der Waals surface area contributed by atoms with Crippen molar-refractivity contribution in [2.75, 3.05) is 10.0 Å². The zero-order valence-electron chi connectivity index (χ0n) is 16.2. The molecule has 6 nitrogen and oxygen atoms in total. The molecule has 0 radical (unpaired) electrons. The maximum Gasteiger partial charge on any atom is 0.261 e. The summed E-state index contributed by atoms with van der Waals surface area (Å²) >= 11 is 1.49. The van der Waals surface area contributed by atoms with E-state index in [4.69, 9.17) is 0 Å². The van der Waals surface area contributed by atoms with Gasteiger partial charge >= 0.3 is 0 Å². The fourth-order valence-electron chi connectivity index (χ4n) is 3.31. The molecule has 2 aromatic carbocycles. The van der Waals surface area contributed by atoms with E-state index >= 15 is 0 Å². The molecule has 0 unspecified atom stereocenters. The molecule has 30 heavy (non-hydrogen) atoms. The minimum Gasteiger partial charge on any atom is -0.298 e. The Morgan fingerprint density at radius 3 is 2.73 bits per heavy atom. The molecule has 3 aromatic rings. The molecule has 2 N–H and O–H groups in total. The van der Waals surface area contributed by atoms with Crippen molar-refractivity contribution >= 4 is 38.1 Å². The number of aromatic nitrogens is 1. The van der Waals surface area contributed by atoms with Gasteiger partial charge in [0, 0.05) is 16.1 Å². The van der Waals surface area contributed by atoms with Crippen LogP contribution in [0.1, 0.15) is 34.3 Å². The van der Waals surface area contributed by atoms with E-state index in [0.29, 0.717) is 16.6 Å². The summed E-state index contributed by atoms with van der Waals surface area (Å²) in [4.78, 5) is 18.3. The van der Waals surface area contributed by atoms with Gasteiger partial charge in [0.15, 0.2) is 5.13 Å². The van der Waals surface area contributed by atoms with Crippen LogP contribution in [0.4, 0.5) is 15.2 Å². The van der Waals surface area contributed by atoms with Gasteiger partial charge in [-0.2, -0.15) is 0 Å². The summed E-state index contributed by atoms with van der Waals surface area (Å²) in [6.07, 6.45) is 2.99. The summed E-state index contributed by atoms with van der Waals surface area (Å²) < 4.78 is 40.4. The van der Waals surface area contributed by atoms with Gasteiger partial charge < -0.3 is 0 Å². The lowest BCUT2D eigenvalue weighted by Gasteiger charge is -2.15. The van der Waals surface area contributed by atoms with Gasteiger partial charge in [0.2, 0.25) is 0 Å². The lowest BCUT2D eigenvalue weighted by molar-refractivity contribution is 0.102. The zero-order chi connectivity index (χ0) is 21.3. The number of benzene rings is 2. The highest BCUT2D eigenvalue weighted by atomic mass is 32.2. The predicted octanol–water partition coefficient (Wildman–Crippen LogP) is 4.46. The van der Waals surface area contributed by atoms with Gasteiger partial charge in [-0.15, -0.1) is 11.3 Å². The first-order valence-corrected chi connectivity index (χ1v) is 11.8. The Morgan fingerprint density at radius 1 is 1.20 bits per heavy atom. The molecule has 0 spiro atoms. The van der Waals surface area contributed by atoms with E-state index in [0.717, 1.165) is 37.1 Å². The lowest BCUT2D eigenvalue weighted by Crippen LogP contribution is -2.15. The second-order valence-electron chi connectivity index (χ2n) is 7.33. The summed E-state index contributed by atoms with van der Waals surface area (Å²) in [5.74, 6) is -0.268. The van der Waals surface area contributed by atoms with Gasteiger partial charge in [-0.3, -0.25) is 14.8 Å². The Morgan fingerprint density at radius 2 is 1.97 bits per heavy atom. The van der Waals surface area contributed by atoms with Crippen molar-refractivity contribution in [3.63, 3.8) is 0 Å². The molecular weight excluding hydrogens is 425 g/mol. The van der Waals surface area contributed by atoms with Crippen molar-refractivity contribution in [3.05, 3.63) is 70.5 Å². The standard InChI is InChI=1S/C21H20FN3O3S2/c1-13-5-10-18-19(11-13)29-21(23-18)24-20(26)14-3-2-4-16(12-14)25-30(27,28)17-8-6-15(22)7-9-17/h2-4,6-9,12-13,25H,5,10-11H2,1H3,(H,23,24,26)/t13-/m1/s1. The average molecular weight is 446 g/mol. The molecule has 1 aliphatic rings. The Kier molecular flexibility index (Phi) is 5.57. The van der Waals surface area contributed by atoms with Crippen molar-refractivity contribution in [1.29, 1.82) is 0 Å². The molecule has 1 heterocycles. The number of nitrogens with zero attached hydrogens (tertiary/aromatic N) is 1. The SMILES string of the molecule is C[C@@H]1CCc2nc(NC(=O)c3cccc(NS(=O)(=O)c4ccc(F)cc4)c3)sc2C1. The highest BCUT2D eigenvalue weighted by Crippen LogP contribution is 2.32. The molecule has 1 aliphatic carbocycles. The van der Waals surface area contributed by atoms with Crippen LogP contribution in [0.15, 0.2) is 53.4 Å². The van der Waals surface area contributed by atoms with Gasteiger partial charge in [-0.05, 0) is 67.6 Å². The molecule has 156 valence electrons. The highest BCUT2D eigenvalue weighted by molar-refractivity contribution is 7.92. The molecule has 0 bridgehead atoms. The number of fused-ring (bicyclic) bond motifs is 1. The Bertz CT molecular complexity index is 1190. The molecule has 4 rings (SSSR count). The molecule has 1 aromatic heterocycles. The molecule has 0 fully saturated rings. The van der Waals surface area contributed by atoms with Crippen molar-refractivity contribution in [3.8, 4) is 0 Å². The summed E-state index contributed by atoms with van der Waals surface area (Å²) in [7, 11) is -3.90. The first-order valence-electron chi connectivity index (χ1n) is 9.48. The largest absolute Gasteiger partial charge is 0.298 e. The average Bonchev–Trinajstić information content (AvgIpc) is 3.09. The Labute approximate surface area is 178 Å². The van der Waals surface area contributed by atoms with Crippen LogP contribution in [0.25, 0.3) is 0 Å². The summed E-state index contributed by atoms with van der Waals surface area (Å²) in [6.45, 7) is 2.21. The second-order valence-corrected chi connectivity index (χ2v) is 10.1. The van der Waals surface area contributed by atoms with Crippen molar-refractivity contribution < 1.29 is 17.6 Å². The minimum absolute atomic E-state index is 0.0682. The van der Waals surface area contributed by atoms with Gasteiger partial charge in [0.1, 0.15) is 5.82 Å². The molecular formula is C21H20FN3O3S2. The van der Waals surface area contributed by atoms with Crippen LogP contribution in [0.5, 0.6) is 0 Å². The van der Waals surface area contributed by atoms with Crippen molar-refractivity contribution in [2.45, 2.75) is 31.1 Å². The number of aryl methyl sites for hydroxylation is 1. The molecule has 0 saturated carbocycles. The van der Waals surface area contributed by atoms with Crippen molar-refractivity contribution in [1.82, 2.24) is 4.98 Å². The quantitative estimate of drug-likeness (QED) is 0.607. The number of rotatable bonds is 5. The molecule has 1 amide bonds. The van der Waals surface area contributed by atoms with E-state index in [1.807, 2.05) is 0 Å². The van der Waals surface area contributed by atoms with Crippen LogP contribution in [-0.4, -0.2) is 19.3 Å². The monoisotopic (exact) mass is 445 g/mol. The van der Waals surface area contributed by atoms with Crippen LogP contribution in [0.2, 0.25) is 0 Å². The number of thiazole rings is 1. The lowest BCUT2D eigenvalue weighted by atomic mass is 9.93. The number of carbonyl (C=O) groups is 1. The normalized spacial score (nSPS) is 16.0. The summed E-state index contributed by atoms with van der Waals surface area (Å²) in [5.41, 5.74) is 1.59. The number of carbonyl (C=O) groups excluding carboxylic acids is 1. The van der Waals surface area contributed by atoms with Gasteiger partial charge in [0.05, 0.1) is 10.6 Å². The van der Waals surface area contributed by atoms with E-state index in [1.165, 1.54) is 34.4 Å². The van der Waals surface area contributed by atoms with Crippen molar-refractivity contribution in [2.24, 2.45) is 5.92 Å². The first kappa shape index (κ1) is 20.5. The Hall–Kier alpha value is -2.78. The molecule has 1 atom stereocenters.